The zero-order chi connectivity index (χ0) is 13.6. The first kappa shape index (κ1) is 12.3. The third-order valence-electron chi connectivity index (χ3n) is 2.92. The zero-order valence-corrected chi connectivity index (χ0v) is 11.6. The summed E-state index contributed by atoms with van der Waals surface area (Å²) in [6.45, 7) is 2.22. The number of ketones is 1. The van der Waals surface area contributed by atoms with Crippen molar-refractivity contribution in [1.82, 2.24) is 4.98 Å². The summed E-state index contributed by atoms with van der Waals surface area (Å²) in [5, 5.41) is 1.34. The molecule has 0 radical (unpaired) electrons. The van der Waals surface area contributed by atoms with Crippen LogP contribution in [-0.2, 0) is 11.3 Å². The minimum atomic E-state index is -0.533. The molecule has 0 N–H and O–H groups in total. The number of aryl methyl sites for hydroxylation is 1. The first-order valence-electron chi connectivity index (χ1n) is 5.64. The Bertz CT molecular complexity index is 696. The van der Waals surface area contributed by atoms with Gasteiger partial charge in [-0.25, -0.2) is 4.98 Å². The van der Waals surface area contributed by atoms with Gasteiger partial charge in [-0.05, 0) is 19.1 Å². The Labute approximate surface area is 118 Å². The predicted octanol–water partition coefficient (Wildman–Crippen LogP) is 2.83. The standard InChI is InChI=1S/C13H9ClN2O2S/c1-7-15-5-8(19-7)6-16-11-9(12(17)13(16)18)3-2-4-10(11)14/h2-5H,6H2,1H3. The molecule has 1 aromatic heterocycles. The molecule has 19 heavy (non-hydrogen) atoms. The maximum absolute atomic E-state index is 12.0. The van der Waals surface area contributed by atoms with Crippen LogP contribution in [0, 0.1) is 6.92 Å². The van der Waals surface area contributed by atoms with E-state index in [1.165, 1.54) is 16.2 Å². The van der Waals surface area contributed by atoms with Crippen molar-refractivity contribution in [3.63, 3.8) is 0 Å². The largest absolute Gasteiger partial charge is 0.299 e. The first-order valence-corrected chi connectivity index (χ1v) is 6.83. The van der Waals surface area contributed by atoms with Crippen LogP contribution in [0.3, 0.4) is 0 Å². The van der Waals surface area contributed by atoms with Crippen LogP contribution < -0.4 is 4.90 Å². The topological polar surface area (TPSA) is 50.3 Å². The quantitative estimate of drug-likeness (QED) is 0.800. The molecule has 1 aliphatic rings. The van der Waals surface area contributed by atoms with Gasteiger partial charge in [0.1, 0.15) is 0 Å². The van der Waals surface area contributed by atoms with Crippen LogP contribution in [0.4, 0.5) is 5.69 Å². The summed E-state index contributed by atoms with van der Waals surface area (Å²) in [7, 11) is 0. The number of rotatable bonds is 2. The lowest BCUT2D eigenvalue weighted by Gasteiger charge is -2.16. The van der Waals surface area contributed by atoms with E-state index < -0.39 is 11.7 Å². The lowest BCUT2D eigenvalue weighted by molar-refractivity contribution is -0.114. The van der Waals surface area contributed by atoms with Gasteiger partial charge in [0.05, 0.1) is 27.8 Å². The van der Waals surface area contributed by atoms with Gasteiger partial charge in [-0.1, -0.05) is 17.7 Å². The van der Waals surface area contributed by atoms with Crippen molar-refractivity contribution < 1.29 is 9.59 Å². The van der Waals surface area contributed by atoms with E-state index in [0.29, 0.717) is 22.8 Å². The van der Waals surface area contributed by atoms with Gasteiger partial charge in [0.2, 0.25) is 0 Å². The van der Waals surface area contributed by atoms with Gasteiger partial charge in [-0.3, -0.25) is 14.5 Å². The second-order valence-electron chi connectivity index (χ2n) is 4.20. The average Bonchev–Trinajstić information content (AvgIpc) is 2.89. The number of hydrogen-bond donors (Lipinski definition) is 0. The molecule has 0 spiro atoms. The highest BCUT2D eigenvalue weighted by Gasteiger charge is 2.37. The Morgan fingerprint density at radius 3 is 2.84 bits per heavy atom. The van der Waals surface area contributed by atoms with Crippen LogP contribution in [-0.4, -0.2) is 16.7 Å². The number of hydrogen-bond acceptors (Lipinski definition) is 4. The molecule has 0 bridgehead atoms. The van der Waals surface area contributed by atoms with E-state index in [9.17, 15) is 9.59 Å². The van der Waals surface area contributed by atoms with Gasteiger partial charge in [-0.15, -0.1) is 11.3 Å². The fourth-order valence-electron chi connectivity index (χ4n) is 2.10. The van der Waals surface area contributed by atoms with Crippen molar-refractivity contribution in [2.45, 2.75) is 13.5 Å². The van der Waals surface area contributed by atoms with Crippen LogP contribution in [0.2, 0.25) is 5.02 Å². The molecule has 0 fully saturated rings. The molecule has 0 unspecified atom stereocenters. The lowest BCUT2D eigenvalue weighted by atomic mass is 10.1. The summed E-state index contributed by atoms with van der Waals surface area (Å²) in [5.41, 5.74) is 0.879. The SMILES string of the molecule is Cc1ncc(CN2C(=O)C(=O)c3cccc(Cl)c32)s1. The van der Waals surface area contributed by atoms with Gasteiger partial charge >= 0.3 is 0 Å². The summed E-state index contributed by atoms with van der Waals surface area (Å²) >= 11 is 7.61. The van der Waals surface area contributed by atoms with E-state index in [-0.39, 0.29) is 0 Å². The molecule has 1 amide bonds. The molecule has 0 aliphatic carbocycles. The maximum atomic E-state index is 12.0. The number of amides is 1. The second-order valence-corrected chi connectivity index (χ2v) is 5.93. The van der Waals surface area contributed by atoms with Gasteiger partial charge in [0, 0.05) is 11.1 Å². The van der Waals surface area contributed by atoms with E-state index in [4.69, 9.17) is 11.6 Å². The molecule has 0 saturated carbocycles. The molecule has 2 heterocycles. The monoisotopic (exact) mass is 292 g/mol. The number of halogens is 1. The summed E-state index contributed by atoms with van der Waals surface area (Å²) < 4.78 is 0. The molecule has 6 heteroatoms. The molecule has 96 valence electrons. The number of aromatic nitrogens is 1. The summed E-state index contributed by atoms with van der Waals surface area (Å²) in [5.74, 6) is -1.03. The van der Waals surface area contributed by atoms with E-state index in [2.05, 4.69) is 4.98 Å². The molecule has 2 aromatic rings. The lowest BCUT2D eigenvalue weighted by Crippen LogP contribution is -2.28. The summed E-state index contributed by atoms with van der Waals surface area (Å²) in [4.78, 5) is 30.4. The number of Topliss-reactive ketones (excluding diaryl/α,β-unsaturated/α-hetero) is 1. The number of carbonyl (C=O) groups excluding carboxylic acids is 2. The third kappa shape index (κ3) is 1.95. The van der Waals surface area contributed by atoms with Crippen molar-refractivity contribution >= 4 is 40.3 Å². The van der Waals surface area contributed by atoms with Crippen molar-refractivity contribution in [1.29, 1.82) is 0 Å². The van der Waals surface area contributed by atoms with Crippen molar-refractivity contribution in [3.8, 4) is 0 Å². The smallest absolute Gasteiger partial charge is 0.298 e. The molecular weight excluding hydrogens is 284 g/mol. The average molecular weight is 293 g/mol. The molecule has 4 nitrogen and oxygen atoms in total. The van der Waals surface area contributed by atoms with E-state index >= 15 is 0 Å². The highest BCUT2D eigenvalue weighted by molar-refractivity contribution is 7.11. The molecule has 3 rings (SSSR count). The minimum Gasteiger partial charge on any atom is -0.298 e. The van der Waals surface area contributed by atoms with Crippen LogP contribution in [0.5, 0.6) is 0 Å². The highest BCUT2D eigenvalue weighted by Crippen LogP contribution is 2.37. The fourth-order valence-corrected chi connectivity index (χ4v) is 3.16. The van der Waals surface area contributed by atoms with Gasteiger partial charge in [0.15, 0.2) is 0 Å². The van der Waals surface area contributed by atoms with Crippen molar-refractivity contribution in [2.75, 3.05) is 4.90 Å². The molecular formula is C13H9ClN2O2S. The molecule has 1 aromatic carbocycles. The molecule has 0 atom stereocenters. The number of benzene rings is 1. The van der Waals surface area contributed by atoms with Gasteiger partial charge < -0.3 is 0 Å². The third-order valence-corrected chi connectivity index (χ3v) is 4.13. The fraction of sp³-hybridized carbons (Fsp3) is 0.154. The van der Waals surface area contributed by atoms with E-state index in [0.717, 1.165) is 9.88 Å². The Hall–Kier alpha value is -1.72. The van der Waals surface area contributed by atoms with Gasteiger partial charge in [-0.2, -0.15) is 0 Å². The van der Waals surface area contributed by atoms with E-state index in [1.807, 2.05) is 6.92 Å². The Balaban J connectivity index is 2.04. The zero-order valence-electron chi connectivity index (χ0n) is 10.0. The highest BCUT2D eigenvalue weighted by atomic mass is 35.5. The van der Waals surface area contributed by atoms with Crippen LogP contribution in [0.25, 0.3) is 0 Å². The number of para-hydroxylation sites is 1. The summed E-state index contributed by atoms with van der Waals surface area (Å²) in [6.07, 6.45) is 1.71. The normalized spacial score (nSPS) is 14.1. The number of thiazole rings is 1. The second kappa shape index (κ2) is 4.43. The maximum Gasteiger partial charge on any atom is 0.299 e. The number of anilines is 1. The van der Waals surface area contributed by atoms with Crippen LogP contribution in [0.15, 0.2) is 24.4 Å². The molecule has 0 saturated heterocycles. The van der Waals surface area contributed by atoms with E-state index in [1.54, 1.807) is 24.4 Å². The van der Waals surface area contributed by atoms with Crippen molar-refractivity contribution in [3.05, 3.63) is 44.9 Å². The summed E-state index contributed by atoms with van der Waals surface area (Å²) in [6, 6.07) is 4.98. The number of nitrogens with zero attached hydrogens (tertiary/aromatic N) is 2. The van der Waals surface area contributed by atoms with Crippen molar-refractivity contribution in [2.24, 2.45) is 0 Å². The Kier molecular flexibility index (Phi) is 2.88. The molecule has 1 aliphatic heterocycles. The number of fused-ring (bicyclic) bond motifs is 1. The predicted molar refractivity (Wildman–Crippen MR) is 73.8 cm³/mol. The van der Waals surface area contributed by atoms with Gasteiger partial charge in [0.25, 0.3) is 11.7 Å². The Morgan fingerprint density at radius 1 is 1.37 bits per heavy atom. The first-order chi connectivity index (χ1) is 9.08. The number of carbonyl (C=O) groups is 2. The van der Waals surface area contributed by atoms with Crippen LogP contribution in [0.1, 0.15) is 20.2 Å². The Morgan fingerprint density at radius 2 is 2.16 bits per heavy atom. The van der Waals surface area contributed by atoms with Crippen LogP contribution >= 0.6 is 22.9 Å². The minimum absolute atomic E-state index is 0.326.